The number of rotatable bonds is 6. The van der Waals surface area contributed by atoms with Crippen LogP contribution in [0.2, 0.25) is 0 Å². The second kappa shape index (κ2) is 7.68. The lowest BCUT2D eigenvalue weighted by atomic mass is 10.2. The monoisotopic (exact) mass is 292 g/mol. The SMILES string of the molecule is CNCc1cnc(N2CCN(CCN(C)C)CC2)nc1C. The number of hydrogen-bond acceptors (Lipinski definition) is 6. The summed E-state index contributed by atoms with van der Waals surface area (Å²) in [5, 5.41) is 3.15. The van der Waals surface area contributed by atoms with E-state index in [1.54, 1.807) is 0 Å². The minimum atomic E-state index is 0.824. The van der Waals surface area contributed by atoms with E-state index in [-0.39, 0.29) is 0 Å². The van der Waals surface area contributed by atoms with Crippen LogP contribution in [0.25, 0.3) is 0 Å². The Balaban J connectivity index is 1.88. The predicted octanol–water partition coefficient (Wildman–Crippen LogP) is 0.188. The molecule has 1 aliphatic heterocycles. The van der Waals surface area contributed by atoms with Crippen LogP contribution >= 0.6 is 0 Å². The van der Waals surface area contributed by atoms with Crippen molar-refractivity contribution in [3.63, 3.8) is 0 Å². The Morgan fingerprint density at radius 2 is 1.95 bits per heavy atom. The molecule has 1 saturated heterocycles. The van der Waals surface area contributed by atoms with Gasteiger partial charge in [-0.15, -0.1) is 0 Å². The van der Waals surface area contributed by atoms with Crippen LogP contribution in [-0.2, 0) is 6.54 Å². The van der Waals surface area contributed by atoms with Gasteiger partial charge in [0.05, 0.1) is 0 Å². The van der Waals surface area contributed by atoms with Gasteiger partial charge in [-0.3, -0.25) is 4.90 Å². The first-order valence-corrected chi connectivity index (χ1v) is 7.69. The van der Waals surface area contributed by atoms with Crippen LogP contribution in [0.4, 0.5) is 5.95 Å². The normalized spacial score (nSPS) is 16.7. The highest BCUT2D eigenvalue weighted by molar-refractivity contribution is 5.33. The number of likely N-dealkylation sites (N-methyl/N-ethyl adjacent to an activating group) is 1. The second-order valence-corrected chi connectivity index (χ2v) is 5.94. The highest BCUT2D eigenvalue weighted by Crippen LogP contribution is 2.13. The quantitative estimate of drug-likeness (QED) is 0.808. The molecule has 1 aliphatic rings. The number of piperazine rings is 1. The molecule has 1 fully saturated rings. The van der Waals surface area contributed by atoms with Gasteiger partial charge in [0.25, 0.3) is 0 Å². The molecular weight excluding hydrogens is 264 g/mol. The Labute approximate surface area is 128 Å². The minimum Gasteiger partial charge on any atom is -0.338 e. The molecule has 1 N–H and O–H groups in total. The minimum absolute atomic E-state index is 0.824. The van der Waals surface area contributed by atoms with Crippen LogP contribution in [0.15, 0.2) is 6.20 Å². The molecule has 0 radical (unpaired) electrons. The summed E-state index contributed by atoms with van der Waals surface area (Å²) in [5.74, 6) is 0.875. The number of anilines is 1. The first-order chi connectivity index (χ1) is 10.1. The van der Waals surface area contributed by atoms with E-state index in [9.17, 15) is 0 Å². The summed E-state index contributed by atoms with van der Waals surface area (Å²) in [6.45, 7) is 9.35. The zero-order chi connectivity index (χ0) is 15.2. The summed E-state index contributed by atoms with van der Waals surface area (Å²) in [4.78, 5) is 16.2. The molecule has 0 spiro atoms. The Kier molecular flexibility index (Phi) is 5.90. The van der Waals surface area contributed by atoms with Crippen LogP contribution in [0.3, 0.4) is 0 Å². The summed E-state index contributed by atoms with van der Waals surface area (Å²) < 4.78 is 0. The standard InChI is InChI=1S/C15H28N6/c1-13-14(11-16-2)12-17-15(18-13)21-9-7-20(8-10-21)6-5-19(3)4/h12,16H,5-11H2,1-4H3. The van der Waals surface area contributed by atoms with E-state index in [0.29, 0.717) is 0 Å². The molecule has 2 heterocycles. The van der Waals surface area contributed by atoms with E-state index in [1.807, 2.05) is 13.2 Å². The molecule has 0 unspecified atom stereocenters. The molecule has 1 aromatic rings. The van der Waals surface area contributed by atoms with Crippen LogP contribution in [0.1, 0.15) is 11.3 Å². The maximum Gasteiger partial charge on any atom is 0.225 e. The van der Waals surface area contributed by atoms with Crippen LogP contribution in [0.5, 0.6) is 0 Å². The van der Waals surface area contributed by atoms with Gasteiger partial charge in [-0.2, -0.15) is 0 Å². The van der Waals surface area contributed by atoms with E-state index >= 15 is 0 Å². The molecule has 0 saturated carbocycles. The molecule has 0 atom stereocenters. The van der Waals surface area contributed by atoms with Crippen molar-refractivity contribution in [2.75, 3.05) is 65.3 Å². The molecule has 2 rings (SSSR count). The number of nitrogens with zero attached hydrogens (tertiary/aromatic N) is 5. The molecular formula is C15H28N6. The van der Waals surface area contributed by atoms with Gasteiger partial charge in [0.1, 0.15) is 0 Å². The third-order valence-corrected chi connectivity index (χ3v) is 3.95. The van der Waals surface area contributed by atoms with Crippen LogP contribution < -0.4 is 10.2 Å². The molecule has 1 aromatic heterocycles. The molecule has 6 heteroatoms. The van der Waals surface area contributed by atoms with Crippen molar-refractivity contribution in [2.45, 2.75) is 13.5 Å². The smallest absolute Gasteiger partial charge is 0.225 e. The van der Waals surface area contributed by atoms with Gasteiger partial charge in [0.15, 0.2) is 0 Å². The molecule has 0 aliphatic carbocycles. The molecule has 0 bridgehead atoms. The topological polar surface area (TPSA) is 47.5 Å². The van der Waals surface area contributed by atoms with Gasteiger partial charge in [-0.1, -0.05) is 0 Å². The fourth-order valence-corrected chi connectivity index (χ4v) is 2.51. The average molecular weight is 292 g/mol. The zero-order valence-corrected chi connectivity index (χ0v) is 13.8. The molecule has 0 amide bonds. The highest BCUT2D eigenvalue weighted by Gasteiger charge is 2.19. The zero-order valence-electron chi connectivity index (χ0n) is 13.8. The first kappa shape index (κ1) is 16.1. The van der Waals surface area contributed by atoms with Gasteiger partial charge in [0, 0.05) is 63.3 Å². The summed E-state index contributed by atoms with van der Waals surface area (Å²) in [6, 6.07) is 0. The van der Waals surface area contributed by atoms with Crippen molar-refractivity contribution in [3.8, 4) is 0 Å². The van der Waals surface area contributed by atoms with Crippen molar-refractivity contribution in [1.29, 1.82) is 0 Å². The number of aryl methyl sites for hydroxylation is 1. The largest absolute Gasteiger partial charge is 0.338 e. The van der Waals surface area contributed by atoms with Crippen molar-refractivity contribution in [1.82, 2.24) is 25.1 Å². The Bertz CT molecular complexity index is 440. The summed E-state index contributed by atoms with van der Waals surface area (Å²) in [7, 11) is 6.19. The lowest BCUT2D eigenvalue weighted by molar-refractivity contribution is 0.228. The van der Waals surface area contributed by atoms with E-state index in [1.165, 1.54) is 5.56 Å². The van der Waals surface area contributed by atoms with Crippen LogP contribution in [0, 0.1) is 6.92 Å². The molecule has 0 aromatic carbocycles. The summed E-state index contributed by atoms with van der Waals surface area (Å²) >= 11 is 0. The Morgan fingerprint density at radius 1 is 1.24 bits per heavy atom. The number of aromatic nitrogens is 2. The fraction of sp³-hybridized carbons (Fsp3) is 0.733. The van der Waals surface area contributed by atoms with E-state index in [0.717, 1.165) is 57.5 Å². The van der Waals surface area contributed by atoms with Crippen molar-refractivity contribution < 1.29 is 0 Å². The molecule has 6 nitrogen and oxygen atoms in total. The number of hydrogen-bond donors (Lipinski definition) is 1. The summed E-state index contributed by atoms with van der Waals surface area (Å²) in [6.07, 6.45) is 1.95. The first-order valence-electron chi connectivity index (χ1n) is 7.69. The average Bonchev–Trinajstić information content (AvgIpc) is 2.48. The van der Waals surface area contributed by atoms with E-state index < -0.39 is 0 Å². The van der Waals surface area contributed by atoms with Gasteiger partial charge < -0.3 is 15.1 Å². The second-order valence-electron chi connectivity index (χ2n) is 5.94. The van der Waals surface area contributed by atoms with Crippen molar-refractivity contribution >= 4 is 5.95 Å². The summed E-state index contributed by atoms with van der Waals surface area (Å²) in [5.41, 5.74) is 2.25. The van der Waals surface area contributed by atoms with Crippen LogP contribution in [-0.4, -0.2) is 80.2 Å². The number of nitrogens with one attached hydrogen (secondary N) is 1. The van der Waals surface area contributed by atoms with Crippen molar-refractivity contribution in [3.05, 3.63) is 17.5 Å². The Hall–Kier alpha value is -1.24. The van der Waals surface area contributed by atoms with Gasteiger partial charge in [0.2, 0.25) is 5.95 Å². The molecule has 21 heavy (non-hydrogen) atoms. The third kappa shape index (κ3) is 4.62. The van der Waals surface area contributed by atoms with E-state index in [4.69, 9.17) is 0 Å². The third-order valence-electron chi connectivity index (χ3n) is 3.95. The van der Waals surface area contributed by atoms with Gasteiger partial charge in [-0.25, -0.2) is 9.97 Å². The van der Waals surface area contributed by atoms with Crippen molar-refractivity contribution in [2.24, 2.45) is 0 Å². The predicted molar refractivity (Wildman–Crippen MR) is 86.7 cm³/mol. The lowest BCUT2D eigenvalue weighted by Crippen LogP contribution is -2.48. The van der Waals surface area contributed by atoms with E-state index in [2.05, 4.69) is 51.0 Å². The lowest BCUT2D eigenvalue weighted by Gasteiger charge is -2.35. The van der Waals surface area contributed by atoms with Gasteiger partial charge in [-0.05, 0) is 28.1 Å². The highest BCUT2D eigenvalue weighted by atomic mass is 15.3. The fourth-order valence-electron chi connectivity index (χ4n) is 2.51. The van der Waals surface area contributed by atoms with Gasteiger partial charge >= 0.3 is 0 Å². The Morgan fingerprint density at radius 3 is 2.52 bits per heavy atom. The maximum atomic E-state index is 4.66. The maximum absolute atomic E-state index is 4.66. The molecule has 118 valence electrons.